The smallest absolute Gasteiger partial charge is 0.253 e. The minimum absolute atomic E-state index is 0.0701. The molecule has 4 aromatic rings. The monoisotopic (exact) mass is 458 g/mol. The minimum atomic E-state index is -0.519. The zero-order valence-corrected chi connectivity index (χ0v) is 18.3. The van der Waals surface area contributed by atoms with E-state index < -0.39 is 6.04 Å². The Morgan fingerprint density at radius 1 is 1.18 bits per heavy atom. The summed E-state index contributed by atoms with van der Waals surface area (Å²) in [5, 5.41) is 27.2. The van der Waals surface area contributed by atoms with E-state index in [1.807, 2.05) is 18.2 Å². The molecule has 0 radical (unpaired) electrons. The average Bonchev–Trinajstić information content (AvgIpc) is 3.29. The number of pyridine rings is 1. The van der Waals surface area contributed by atoms with Crippen molar-refractivity contribution in [2.75, 3.05) is 23.8 Å². The van der Waals surface area contributed by atoms with Gasteiger partial charge in [-0.1, -0.05) is 6.07 Å². The van der Waals surface area contributed by atoms with Crippen molar-refractivity contribution in [3.63, 3.8) is 0 Å². The van der Waals surface area contributed by atoms with Crippen LogP contribution in [0.1, 0.15) is 33.5 Å². The van der Waals surface area contributed by atoms with Gasteiger partial charge in [0.1, 0.15) is 5.82 Å². The van der Waals surface area contributed by atoms with E-state index in [4.69, 9.17) is 4.42 Å². The van der Waals surface area contributed by atoms with Crippen molar-refractivity contribution in [3.8, 4) is 11.5 Å². The van der Waals surface area contributed by atoms with Gasteiger partial charge in [0.2, 0.25) is 11.8 Å². The summed E-state index contributed by atoms with van der Waals surface area (Å²) in [6, 6.07) is 10.5. The normalized spacial score (nSPS) is 13.6. The molecule has 11 nitrogen and oxygen atoms in total. The van der Waals surface area contributed by atoms with Crippen LogP contribution in [0.15, 0.2) is 53.2 Å². The van der Waals surface area contributed by atoms with Crippen molar-refractivity contribution < 1.29 is 14.3 Å². The molecule has 0 bridgehead atoms. The first kappa shape index (κ1) is 21.5. The zero-order valence-electron chi connectivity index (χ0n) is 18.3. The van der Waals surface area contributed by atoms with Crippen LogP contribution in [0, 0.1) is 6.92 Å². The maximum atomic E-state index is 12.0. The molecule has 1 atom stereocenters. The van der Waals surface area contributed by atoms with Gasteiger partial charge in [-0.3, -0.25) is 9.78 Å². The number of anilines is 3. The van der Waals surface area contributed by atoms with Crippen LogP contribution in [0.3, 0.4) is 0 Å². The number of hydrogen-bond acceptors (Lipinski definition) is 10. The van der Waals surface area contributed by atoms with E-state index in [0.717, 1.165) is 17.7 Å². The molecule has 1 aliphatic rings. The SMILES string of the molecule is Cc1nnc(-c2cnc(Nc3ccc4c(c3)CCNC4=O)nc2NC(CO)c2ccccn2)o1. The molecule has 4 N–H and O–H groups in total. The van der Waals surface area contributed by atoms with Crippen molar-refractivity contribution in [1.29, 1.82) is 0 Å². The summed E-state index contributed by atoms with van der Waals surface area (Å²) in [5.41, 5.74) is 3.52. The molecular formula is C23H22N8O3. The van der Waals surface area contributed by atoms with Crippen LogP contribution in [0.4, 0.5) is 17.5 Å². The number of carbonyl (C=O) groups excluding carboxylic acids is 1. The summed E-state index contributed by atoms with van der Waals surface area (Å²) >= 11 is 0. The molecule has 0 aliphatic carbocycles. The van der Waals surface area contributed by atoms with Gasteiger partial charge in [0.05, 0.1) is 23.9 Å². The highest BCUT2D eigenvalue weighted by Crippen LogP contribution is 2.29. The van der Waals surface area contributed by atoms with Crippen molar-refractivity contribution in [2.24, 2.45) is 0 Å². The fourth-order valence-electron chi connectivity index (χ4n) is 3.71. The van der Waals surface area contributed by atoms with Gasteiger partial charge in [-0.25, -0.2) is 4.98 Å². The third kappa shape index (κ3) is 4.41. The number of aliphatic hydroxyl groups is 1. The van der Waals surface area contributed by atoms with Crippen LogP contribution in [0.5, 0.6) is 0 Å². The van der Waals surface area contributed by atoms with E-state index in [1.165, 1.54) is 0 Å². The first-order chi connectivity index (χ1) is 16.6. The summed E-state index contributed by atoms with van der Waals surface area (Å²) in [4.78, 5) is 25.4. The van der Waals surface area contributed by atoms with E-state index in [1.54, 1.807) is 37.5 Å². The lowest BCUT2D eigenvalue weighted by molar-refractivity contribution is 0.0946. The first-order valence-electron chi connectivity index (χ1n) is 10.7. The molecule has 1 aliphatic heterocycles. The van der Waals surface area contributed by atoms with Gasteiger partial charge in [0.25, 0.3) is 11.8 Å². The minimum Gasteiger partial charge on any atom is -0.421 e. The second kappa shape index (κ2) is 9.24. The van der Waals surface area contributed by atoms with Crippen LogP contribution in [0.25, 0.3) is 11.5 Å². The van der Waals surface area contributed by atoms with E-state index in [9.17, 15) is 9.90 Å². The van der Waals surface area contributed by atoms with Crippen LogP contribution >= 0.6 is 0 Å². The number of benzene rings is 1. The third-order valence-corrected chi connectivity index (χ3v) is 5.37. The molecule has 3 aromatic heterocycles. The van der Waals surface area contributed by atoms with Crippen LogP contribution in [-0.2, 0) is 6.42 Å². The number of aryl methyl sites for hydroxylation is 1. The highest BCUT2D eigenvalue weighted by atomic mass is 16.4. The highest BCUT2D eigenvalue weighted by molar-refractivity contribution is 5.97. The van der Waals surface area contributed by atoms with Crippen molar-refractivity contribution in [3.05, 3.63) is 71.5 Å². The molecule has 1 unspecified atom stereocenters. The number of aromatic nitrogens is 5. The second-order valence-corrected chi connectivity index (χ2v) is 7.72. The molecule has 1 amide bonds. The number of rotatable bonds is 7. The standard InChI is InChI=1S/C23H22N8O3/c1-13-30-31-22(34-13)17-11-26-23(27-15-5-6-16-14(10-15)7-9-25-21(16)33)29-20(17)28-19(12-32)18-4-2-3-8-24-18/h2-6,8,10-11,19,32H,7,9,12H2,1H3,(H,25,33)(H2,26,27,28,29). The second-order valence-electron chi connectivity index (χ2n) is 7.72. The van der Waals surface area contributed by atoms with Gasteiger partial charge in [-0.05, 0) is 42.3 Å². The van der Waals surface area contributed by atoms with Gasteiger partial charge in [0.15, 0.2) is 0 Å². The molecule has 5 rings (SSSR count). The van der Waals surface area contributed by atoms with Crippen LogP contribution in [-0.4, -0.2) is 49.3 Å². The third-order valence-electron chi connectivity index (χ3n) is 5.37. The van der Waals surface area contributed by atoms with Gasteiger partial charge >= 0.3 is 0 Å². The molecule has 1 aromatic carbocycles. The average molecular weight is 458 g/mol. The summed E-state index contributed by atoms with van der Waals surface area (Å²) in [6.45, 7) is 2.09. The molecule has 0 saturated heterocycles. The van der Waals surface area contributed by atoms with E-state index in [2.05, 4.69) is 41.1 Å². The summed E-state index contributed by atoms with van der Waals surface area (Å²) in [7, 11) is 0. The largest absolute Gasteiger partial charge is 0.421 e. The van der Waals surface area contributed by atoms with E-state index >= 15 is 0 Å². The fraction of sp³-hybridized carbons (Fsp3) is 0.217. The number of nitrogens with zero attached hydrogens (tertiary/aromatic N) is 5. The lowest BCUT2D eigenvalue weighted by atomic mass is 10.00. The summed E-state index contributed by atoms with van der Waals surface area (Å²) < 4.78 is 5.58. The Balaban J connectivity index is 1.48. The molecule has 0 fully saturated rings. The molecule has 11 heteroatoms. The van der Waals surface area contributed by atoms with Crippen LogP contribution in [0.2, 0.25) is 0 Å². The number of aliphatic hydroxyl groups excluding tert-OH is 1. The maximum absolute atomic E-state index is 12.0. The molecule has 172 valence electrons. The molecule has 34 heavy (non-hydrogen) atoms. The Morgan fingerprint density at radius 3 is 2.85 bits per heavy atom. The topological polar surface area (TPSA) is 151 Å². The lowest BCUT2D eigenvalue weighted by Crippen LogP contribution is -2.31. The number of amides is 1. The molecule has 0 spiro atoms. The van der Waals surface area contributed by atoms with Gasteiger partial charge < -0.3 is 25.5 Å². The van der Waals surface area contributed by atoms with Crippen molar-refractivity contribution >= 4 is 23.4 Å². The van der Waals surface area contributed by atoms with E-state index in [-0.39, 0.29) is 18.4 Å². The number of carbonyl (C=O) groups is 1. The van der Waals surface area contributed by atoms with Gasteiger partial charge in [-0.2, -0.15) is 4.98 Å². The molecule has 4 heterocycles. The van der Waals surface area contributed by atoms with Crippen molar-refractivity contribution in [2.45, 2.75) is 19.4 Å². The van der Waals surface area contributed by atoms with Crippen LogP contribution < -0.4 is 16.0 Å². The van der Waals surface area contributed by atoms with Gasteiger partial charge in [-0.15, -0.1) is 10.2 Å². The van der Waals surface area contributed by atoms with Gasteiger partial charge in [0, 0.05) is 37.1 Å². The Labute approximate surface area is 194 Å². The van der Waals surface area contributed by atoms with E-state index in [0.29, 0.717) is 41.0 Å². The molecule has 0 saturated carbocycles. The summed E-state index contributed by atoms with van der Waals surface area (Å²) in [5.74, 6) is 1.30. The first-order valence-corrected chi connectivity index (χ1v) is 10.7. The Bertz CT molecular complexity index is 1330. The lowest BCUT2D eigenvalue weighted by Gasteiger charge is -2.19. The molecular weight excluding hydrogens is 436 g/mol. The zero-order chi connectivity index (χ0) is 23.5. The Hall–Kier alpha value is -4.38. The number of fused-ring (bicyclic) bond motifs is 1. The Morgan fingerprint density at radius 2 is 2.09 bits per heavy atom. The predicted molar refractivity (Wildman–Crippen MR) is 124 cm³/mol. The number of hydrogen-bond donors (Lipinski definition) is 4. The quantitative estimate of drug-likeness (QED) is 0.325. The maximum Gasteiger partial charge on any atom is 0.253 e. The Kier molecular flexibility index (Phi) is 5.83. The highest BCUT2D eigenvalue weighted by Gasteiger charge is 2.20. The summed E-state index contributed by atoms with van der Waals surface area (Å²) in [6.07, 6.45) is 3.98. The predicted octanol–water partition coefficient (Wildman–Crippen LogP) is 2.41. The number of nitrogens with one attached hydrogen (secondary N) is 3. The van der Waals surface area contributed by atoms with Crippen molar-refractivity contribution in [1.82, 2.24) is 30.5 Å². The fourth-order valence-corrected chi connectivity index (χ4v) is 3.71.